The first-order valence-corrected chi connectivity index (χ1v) is 6.27. The van der Waals surface area contributed by atoms with E-state index >= 15 is 0 Å². The molecule has 1 atom stereocenters. The van der Waals surface area contributed by atoms with E-state index in [4.69, 9.17) is 5.73 Å². The lowest BCUT2D eigenvalue weighted by Crippen LogP contribution is -2.20. The Hall–Kier alpha value is -0.870. The van der Waals surface area contributed by atoms with Gasteiger partial charge in [0.1, 0.15) is 0 Å². The maximum Gasteiger partial charge on any atom is 0.0359 e. The van der Waals surface area contributed by atoms with Crippen molar-refractivity contribution in [3.63, 3.8) is 0 Å². The Morgan fingerprint density at radius 2 is 2.14 bits per heavy atom. The summed E-state index contributed by atoms with van der Waals surface area (Å²) in [5.74, 6) is 0.687. The zero-order chi connectivity index (χ0) is 10.4. The molecule has 0 spiro atoms. The summed E-state index contributed by atoms with van der Waals surface area (Å²) >= 11 is 0. The first-order chi connectivity index (χ1) is 6.70. The first-order valence-electron chi connectivity index (χ1n) is 4.54. The molecule has 0 aliphatic rings. The molecule has 0 aliphatic carbocycles. The van der Waals surface area contributed by atoms with Gasteiger partial charge in [-0.05, 0) is 11.6 Å². The molecule has 0 amide bonds. The van der Waals surface area contributed by atoms with E-state index in [9.17, 15) is 4.21 Å². The van der Waals surface area contributed by atoms with Gasteiger partial charge in [0.25, 0.3) is 0 Å². The van der Waals surface area contributed by atoms with Gasteiger partial charge in [-0.2, -0.15) is 0 Å². The SMILES string of the molecule is CS(=O)CCNCc1ccccc1N. The number of para-hydroxylation sites is 1. The summed E-state index contributed by atoms with van der Waals surface area (Å²) in [5.41, 5.74) is 7.66. The second-order valence-corrected chi connectivity index (χ2v) is 4.71. The van der Waals surface area contributed by atoms with Gasteiger partial charge in [0.05, 0.1) is 0 Å². The third-order valence-electron chi connectivity index (χ3n) is 1.94. The van der Waals surface area contributed by atoms with Crippen molar-refractivity contribution in [2.45, 2.75) is 6.54 Å². The van der Waals surface area contributed by atoms with Crippen LogP contribution in [0.5, 0.6) is 0 Å². The highest BCUT2D eigenvalue weighted by atomic mass is 32.2. The molecule has 1 rings (SSSR count). The standard InChI is InChI=1S/C10H16N2OS/c1-14(13)7-6-12-8-9-4-2-3-5-10(9)11/h2-5,12H,6-8,11H2,1H3. The van der Waals surface area contributed by atoms with Gasteiger partial charge in [-0.3, -0.25) is 4.21 Å². The van der Waals surface area contributed by atoms with E-state index in [1.807, 2.05) is 24.3 Å². The summed E-state index contributed by atoms with van der Waals surface area (Å²) < 4.78 is 10.8. The Labute approximate surface area is 87.2 Å². The highest BCUT2D eigenvalue weighted by Gasteiger charge is 1.96. The molecule has 0 heterocycles. The lowest BCUT2D eigenvalue weighted by Gasteiger charge is -2.06. The lowest BCUT2D eigenvalue weighted by atomic mass is 10.2. The van der Waals surface area contributed by atoms with Crippen LogP contribution in [-0.4, -0.2) is 22.8 Å². The van der Waals surface area contributed by atoms with Crippen LogP contribution in [-0.2, 0) is 17.3 Å². The Kier molecular flexibility index (Phi) is 4.62. The van der Waals surface area contributed by atoms with Gasteiger partial charge in [-0.15, -0.1) is 0 Å². The van der Waals surface area contributed by atoms with E-state index in [0.29, 0.717) is 5.75 Å². The molecule has 14 heavy (non-hydrogen) atoms. The lowest BCUT2D eigenvalue weighted by molar-refractivity contribution is 0.677. The van der Waals surface area contributed by atoms with E-state index < -0.39 is 10.8 Å². The molecule has 3 nitrogen and oxygen atoms in total. The van der Waals surface area contributed by atoms with Gasteiger partial charge in [-0.25, -0.2) is 0 Å². The van der Waals surface area contributed by atoms with Gasteiger partial charge in [0.2, 0.25) is 0 Å². The number of nitrogens with one attached hydrogen (secondary N) is 1. The minimum atomic E-state index is -0.723. The largest absolute Gasteiger partial charge is 0.398 e. The van der Waals surface area contributed by atoms with E-state index in [1.165, 1.54) is 0 Å². The van der Waals surface area contributed by atoms with Crippen molar-refractivity contribution in [3.8, 4) is 0 Å². The summed E-state index contributed by atoms with van der Waals surface area (Å²) in [6, 6.07) is 7.76. The molecule has 78 valence electrons. The number of hydrogen-bond donors (Lipinski definition) is 2. The van der Waals surface area contributed by atoms with Crippen LogP contribution in [0.2, 0.25) is 0 Å². The average Bonchev–Trinajstić information content (AvgIpc) is 2.15. The summed E-state index contributed by atoms with van der Waals surface area (Å²) in [7, 11) is -0.723. The average molecular weight is 212 g/mol. The van der Waals surface area contributed by atoms with Crippen LogP contribution in [0.15, 0.2) is 24.3 Å². The predicted molar refractivity (Wildman–Crippen MR) is 61.5 cm³/mol. The molecule has 4 heteroatoms. The number of nitrogen functional groups attached to an aromatic ring is 1. The van der Waals surface area contributed by atoms with E-state index in [0.717, 1.165) is 24.3 Å². The van der Waals surface area contributed by atoms with Crippen molar-refractivity contribution >= 4 is 16.5 Å². The second kappa shape index (κ2) is 5.78. The maximum atomic E-state index is 10.8. The number of rotatable bonds is 5. The van der Waals surface area contributed by atoms with Crippen molar-refractivity contribution in [3.05, 3.63) is 29.8 Å². The van der Waals surface area contributed by atoms with Gasteiger partial charge in [-0.1, -0.05) is 18.2 Å². The van der Waals surface area contributed by atoms with Crippen molar-refractivity contribution in [1.29, 1.82) is 0 Å². The molecule has 0 saturated carbocycles. The minimum absolute atomic E-state index is 0.687. The number of anilines is 1. The maximum absolute atomic E-state index is 10.8. The fourth-order valence-electron chi connectivity index (χ4n) is 1.13. The fraction of sp³-hybridized carbons (Fsp3) is 0.400. The first kappa shape index (κ1) is 11.2. The monoisotopic (exact) mass is 212 g/mol. The van der Waals surface area contributed by atoms with Crippen LogP contribution >= 0.6 is 0 Å². The van der Waals surface area contributed by atoms with Gasteiger partial charge < -0.3 is 11.1 Å². The van der Waals surface area contributed by atoms with Crippen LogP contribution in [0.3, 0.4) is 0 Å². The zero-order valence-corrected chi connectivity index (χ0v) is 9.14. The molecule has 0 saturated heterocycles. The summed E-state index contributed by atoms with van der Waals surface area (Å²) in [5, 5.41) is 3.20. The van der Waals surface area contributed by atoms with Crippen molar-refractivity contribution in [2.75, 3.05) is 24.3 Å². The Morgan fingerprint density at radius 3 is 2.79 bits per heavy atom. The quantitative estimate of drug-likeness (QED) is 0.559. The topological polar surface area (TPSA) is 55.1 Å². The second-order valence-electron chi connectivity index (χ2n) is 3.15. The molecule has 3 N–H and O–H groups in total. The Morgan fingerprint density at radius 1 is 1.43 bits per heavy atom. The van der Waals surface area contributed by atoms with Crippen molar-refractivity contribution < 1.29 is 4.21 Å². The molecule has 0 fully saturated rings. The molecular weight excluding hydrogens is 196 g/mol. The Bertz CT molecular complexity index is 315. The smallest absolute Gasteiger partial charge is 0.0359 e. The zero-order valence-electron chi connectivity index (χ0n) is 8.32. The third-order valence-corrected chi connectivity index (χ3v) is 2.72. The number of benzene rings is 1. The highest BCUT2D eigenvalue weighted by molar-refractivity contribution is 7.84. The molecule has 0 bridgehead atoms. The molecule has 1 aromatic carbocycles. The van der Waals surface area contributed by atoms with Crippen LogP contribution in [0.25, 0.3) is 0 Å². The van der Waals surface area contributed by atoms with Crippen molar-refractivity contribution in [1.82, 2.24) is 5.32 Å². The summed E-state index contributed by atoms with van der Waals surface area (Å²) in [4.78, 5) is 0. The third kappa shape index (κ3) is 3.89. The van der Waals surface area contributed by atoms with E-state index in [-0.39, 0.29) is 0 Å². The van der Waals surface area contributed by atoms with Gasteiger partial charge in [0.15, 0.2) is 0 Å². The number of nitrogens with two attached hydrogens (primary N) is 1. The number of hydrogen-bond acceptors (Lipinski definition) is 3. The van der Waals surface area contributed by atoms with Crippen LogP contribution in [0.1, 0.15) is 5.56 Å². The van der Waals surface area contributed by atoms with E-state index in [1.54, 1.807) is 6.26 Å². The minimum Gasteiger partial charge on any atom is -0.398 e. The predicted octanol–water partition coefficient (Wildman–Crippen LogP) is 0.737. The molecule has 0 aromatic heterocycles. The van der Waals surface area contributed by atoms with Crippen LogP contribution in [0, 0.1) is 0 Å². The van der Waals surface area contributed by atoms with E-state index in [2.05, 4.69) is 5.32 Å². The molecular formula is C10H16N2OS. The van der Waals surface area contributed by atoms with Crippen molar-refractivity contribution in [2.24, 2.45) is 0 Å². The van der Waals surface area contributed by atoms with Crippen LogP contribution in [0.4, 0.5) is 5.69 Å². The fourth-order valence-corrected chi connectivity index (χ4v) is 1.57. The molecule has 0 aliphatic heterocycles. The highest BCUT2D eigenvalue weighted by Crippen LogP contribution is 2.09. The van der Waals surface area contributed by atoms with Gasteiger partial charge in [0, 0.05) is 41.6 Å². The molecule has 0 radical (unpaired) electrons. The summed E-state index contributed by atoms with van der Waals surface area (Å²) in [6.45, 7) is 1.50. The van der Waals surface area contributed by atoms with Gasteiger partial charge >= 0.3 is 0 Å². The molecule has 1 aromatic rings. The normalized spacial score (nSPS) is 12.6. The molecule has 1 unspecified atom stereocenters. The summed E-state index contributed by atoms with van der Waals surface area (Å²) in [6.07, 6.45) is 1.71. The Balaban J connectivity index is 2.31. The van der Waals surface area contributed by atoms with Crippen LogP contribution < -0.4 is 11.1 Å².